The number of hydrogen-bond acceptors (Lipinski definition) is 3. The van der Waals surface area contributed by atoms with Crippen molar-refractivity contribution in [2.75, 3.05) is 12.0 Å². The molecular formula is C14H12BrFN2O3. The molecule has 2 rings (SSSR count). The highest BCUT2D eigenvalue weighted by molar-refractivity contribution is 9.10. The summed E-state index contributed by atoms with van der Waals surface area (Å²) in [6.45, 7) is 1.80. The Kier molecular flexibility index (Phi) is 4.74. The number of nitrogens with zero attached hydrogens (tertiary/aromatic N) is 1. The molecular weight excluding hydrogens is 343 g/mol. The Morgan fingerprint density at radius 2 is 2.00 bits per heavy atom. The molecule has 1 heterocycles. The van der Waals surface area contributed by atoms with Crippen LogP contribution in [0.25, 0.3) is 0 Å². The van der Waals surface area contributed by atoms with Gasteiger partial charge in [0.1, 0.15) is 5.82 Å². The summed E-state index contributed by atoms with van der Waals surface area (Å²) in [6, 6.07) is 7.61. The molecule has 0 spiro atoms. The Bertz CT molecular complexity index is 667. The van der Waals surface area contributed by atoms with Gasteiger partial charge in [0.2, 0.25) is 0 Å². The fraction of sp³-hybridized carbons (Fsp3) is 0.143. The highest BCUT2D eigenvalue weighted by atomic mass is 79.9. The Morgan fingerprint density at radius 3 is 2.62 bits per heavy atom. The molecule has 1 N–H and O–H groups in total. The van der Waals surface area contributed by atoms with Crippen molar-refractivity contribution in [1.82, 2.24) is 4.68 Å². The number of hydrogen-bond donors (Lipinski definition) is 1. The summed E-state index contributed by atoms with van der Waals surface area (Å²) in [6.07, 6.45) is 1.00. The van der Waals surface area contributed by atoms with Crippen molar-refractivity contribution in [2.24, 2.45) is 0 Å². The van der Waals surface area contributed by atoms with E-state index < -0.39 is 17.7 Å². The maximum Gasteiger partial charge on any atom is 0.356 e. The molecule has 0 unspecified atom stereocenters. The smallest absolute Gasteiger partial charge is 0.356 e. The van der Waals surface area contributed by atoms with Crippen molar-refractivity contribution in [2.45, 2.75) is 6.92 Å². The fourth-order valence-corrected chi connectivity index (χ4v) is 1.92. The lowest BCUT2D eigenvalue weighted by Crippen LogP contribution is -2.26. The Hall–Kier alpha value is -2.15. The number of rotatable bonds is 4. The van der Waals surface area contributed by atoms with Gasteiger partial charge in [0, 0.05) is 16.1 Å². The van der Waals surface area contributed by atoms with Gasteiger partial charge >= 0.3 is 5.97 Å². The van der Waals surface area contributed by atoms with Gasteiger partial charge in [-0.25, -0.2) is 9.18 Å². The maximum atomic E-state index is 13.3. The largest absolute Gasteiger partial charge is 0.461 e. The second kappa shape index (κ2) is 6.53. The van der Waals surface area contributed by atoms with E-state index in [1.807, 2.05) is 0 Å². The van der Waals surface area contributed by atoms with Gasteiger partial charge in [0.05, 0.1) is 12.8 Å². The van der Waals surface area contributed by atoms with E-state index in [1.54, 1.807) is 31.2 Å². The van der Waals surface area contributed by atoms with Gasteiger partial charge in [0.15, 0.2) is 5.69 Å². The Morgan fingerprint density at radius 1 is 1.33 bits per heavy atom. The number of nitrogens with one attached hydrogen (secondary N) is 1. The van der Waals surface area contributed by atoms with Crippen LogP contribution in [0.5, 0.6) is 0 Å². The molecule has 21 heavy (non-hydrogen) atoms. The van der Waals surface area contributed by atoms with Crippen LogP contribution < -0.4 is 5.43 Å². The summed E-state index contributed by atoms with van der Waals surface area (Å²) >= 11 is 3.26. The van der Waals surface area contributed by atoms with Crippen LogP contribution in [0.15, 0.2) is 41.0 Å². The third-order valence-electron chi connectivity index (χ3n) is 2.60. The van der Waals surface area contributed by atoms with E-state index in [2.05, 4.69) is 21.4 Å². The Labute approximate surface area is 128 Å². The van der Waals surface area contributed by atoms with Crippen molar-refractivity contribution in [1.29, 1.82) is 0 Å². The molecule has 0 saturated heterocycles. The van der Waals surface area contributed by atoms with E-state index in [0.29, 0.717) is 5.56 Å². The average molecular weight is 355 g/mol. The normalized spacial score (nSPS) is 10.2. The molecule has 0 aliphatic heterocycles. The monoisotopic (exact) mass is 354 g/mol. The van der Waals surface area contributed by atoms with Crippen LogP contribution in [0, 0.1) is 5.82 Å². The number of carbonyl (C=O) groups excluding carboxylic acids is 2. The first-order valence-electron chi connectivity index (χ1n) is 6.13. The summed E-state index contributed by atoms with van der Waals surface area (Å²) in [4.78, 5) is 23.7. The minimum Gasteiger partial charge on any atom is -0.461 e. The fourth-order valence-electron chi connectivity index (χ4n) is 1.66. The molecule has 5 nitrogen and oxygen atoms in total. The quantitative estimate of drug-likeness (QED) is 0.858. The first-order valence-corrected chi connectivity index (χ1v) is 6.92. The van der Waals surface area contributed by atoms with E-state index in [9.17, 15) is 14.0 Å². The highest BCUT2D eigenvalue weighted by Gasteiger charge is 2.17. The first kappa shape index (κ1) is 15.2. The molecule has 0 aliphatic carbocycles. The van der Waals surface area contributed by atoms with E-state index in [-0.39, 0.29) is 12.3 Å². The van der Waals surface area contributed by atoms with Gasteiger partial charge in [-0.15, -0.1) is 0 Å². The van der Waals surface area contributed by atoms with Crippen LogP contribution in [0.1, 0.15) is 27.8 Å². The lowest BCUT2D eigenvalue weighted by Gasteiger charge is -2.10. The zero-order valence-corrected chi connectivity index (χ0v) is 12.7. The lowest BCUT2D eigenvalue weighted by molar-refractivity contribution is 0.0515. The van der Waals surface area contributed by atoms with Crippen molar-refractivity contribution >= 4 is 27.8 Å². The van der Waals surface area contributed by atoms with Crippen molar-refractivity contribution < 1.29 is 18.7 Å². The molecule has 0 bridgehead atoms. The predicted octanol–water partition coefficient (Wildman–Crippen LogP) is 2.95. The third-order valence-corrected chi connectivity index (χ3v) is 3.13. The molecule has 1 aromatic heterocycles. The molecule has 7 heteroatoms. The summed E-state index contributed by atoms with van der Waals surface area (Å²) in [5.41, 5.74) is 2.72. The molecule has 110 valence electrons. The molecule has 0 fully saturated rings. The van der Waals surface area contributed by atoms with E-state index in [0.717, 1.165) is 21.4 Å². The van der Waals surface area contributed by atoms with E-state index in [4.69, 9.17) is 4.74 Å². The third kappa shape index (κ3) is 3.69. The summed E-state index contributed by atoms with van der Waals surface area (Å²) in [5.74, 6) is -1.82. The Balaban J connectivity index is 2.21. The molecule has 0 saturated carbocycles. The van der Waals surface area contributed by atoms with Gasteiger partial charge in [-0.3, -0.25) is 14.9 Å². The molecule has 1 aromatic carbocycles. The van der Waals surface area contributed by atoms with Crippen molar-refractivity contribution in [3.8, 4) is 0 Å². The lowest BCUT2D eigenvalue weighted by atomic mass is 10.2. The first-order chi connectivity index (χ1) is 10.0. The van der Waals surface area contributed by atoms with Crippen LogP contribution in [0.4, 0.5) is 4.39 Å². The van der Waals surface area contributed by atoms with Crippen molar-refractivity contribution in [3.05, 3.63) is 58.1 Å². The van der Waals surface area contributed by atoms with Gasteiger partial charge < -0.3 is 4.74 Å². The highest BCUT2D eigenvalue weighted by Crippen LogP contribution is 2.12. The maximum absolute atomic E-state index is 13.3. The van der Waals surface area contributed by atoms with Gasteiger partial charge in [-0.2, -0.15) is 0 Å². The SMILES string of the molecule is CCOC(=O)c1cc(F)cn1NC(=O)c1ccc(Br)cc1. The van der Waals surface area contributed by atoms with Gasteiger partial charge in [0.25, 0.3) is 5.91 Å². The van der Waals surface area contributed by atoms with Crippen LogP contribution in [0.3, 0.4) is 0 Å². The molecule has 1 amide bonds. The summed E-state index contributed by atoms with van der Waals surface area (Å²) < 4.78 is 20.0. The zero-order valence-electron chi connectivity index (χ0n) is 11.1. The number of aromatic nitrogens is 1. The number of halogens is 2. The second-order valence-electron chi connectivity index (χ2n) is 4.08. The second-order valence-corrected chi connectivity index (χ2v) is 5.00. The number of esters is 1. The standard InChI is InChI=1S/C14H12BrFN2O3/c1-2-21-14(20)12-7-11(16)8-18(12)17-13(19)9-3-5-10(15)6-4-9/h3-8H,2H2,1H3,(H,17,19). The van der Waals surface area contributed by atoms with Crippen LogP contribution in [0.2, 0.25) is 0 Å². The van der Waals surface area contributed by atoms with Gasteiger partial charge in [-0.05, 0) is 31.2 Å². The molecule has 0 atom stereocenters. The number of carbonyl (C=O) groups is 2. The van der Waals surface area contributed by atoms with Crippen LogP contribution in [-0.4, -0.2) is 23.2 Å². The van der Waals surface area contributed by atoms with Crippen molar-refractivity contribution in [3.63, 3.8) is 0 Å². The van der Waals surface area contributed by atoms with Crippen LogP contribution >= 0.6 is 15.9 Å². The number of benzene rings is 1. The number of amides is 1. The summed E-state index contributed by atoms with van der Waals surface area (Å²) in [5, 5.41) is 0. The van der Waals surface area contributed by atoms with E-state index in [1.165, 1.54) is 0 Å². The number of ether oxygens (including phenoxy) is 1. The topological polar surface area (TPSA) is 60.3 Å². The molecule has 2 aromatic rings. The average Bonchev–Trinajstić information content (AvgIpc) is 2.80. The zero-order chi connectivity index (χ0) is 15.4. The van der Waals surface area contributed by atoms with Gasteiger partial charge in [-0.1, -0.05) is 15.9 Å². The minimum atomic E-state index is -0.711. The van der Waals surface area contributed by atoms with E-state index >= 15 is 0 Å². The minimum absolute atomic E-state index is 0.0835. The van der Waals surface area contributed by atoms with Crippen LogP contribution in [-0.2, 0) is 4.74 Å². The predicted molar refractivity (Wildman–Crippen MR) is 78.2 cm³/mol. The molecule has 0 aliphatic rings. The summed E-state index contributed by atoms with van der Waals surface area (Å²) in [7, 11) is 0. The molecule has 0 radical (unpaired) electrons.